The van der Waals surface area contributed by atoms with Gasteiger partial charge < -0.3 is 4.57 Å². The van der Waals surface area contributed by atoms with Gasteiger partial charge in [0, 0.05) is 28.6 Å². The van der Waals surface area contributed by atoms with Gasteiger partial charge in [0.25, 0.3) is 0 Å². The molecule has 1 aromatic carbocycles. The normalized spacial score (nSPS) is 11.4. The average Bonchev–Trinajstić information content (AvgIpc) is 2.86. The second-order valence-electron chi connectivity index (χ2n) is 4.62. The number of aromatic nitrogens is 3. The van der Waals surface area contributed by atoms with Gasteiger partial charge in [-0.05, 0) is 31.2 Å². The number of hydrogen-bond acceptors (Lipinski definition) is 1. The molecule has 0 unspecified atom stereocenters. The third-order valence-corrected chi connectivity index (χ3v) is 4.30. The van der Waals surface area contributed by atoms with E-state index in [1.165, 1.54) is 10.9 Å². The molecule has 3 rings (SSSR count). The van der Waals surface area contributed by atoms with E-state index >= 15 is 0 Å². The molecular weight excluding hydrogens is 326 g/mol. The molecule has 2 aromatic heterocycles. The highest BCUT2D eigenvalue weighted by atomic mass is 79.9. The molecule has 0 bridgehead atoms. The predicted molar refractivity (Wildman–Crippen MR) is 81.7 cm³/mol. The summed E-state index contributed by atoms with van der Waals surface area (Å²) in [6.45, 7) is 2.65. The van der Waals surface area contributed by atoms with Gasteiger partial charge in [0.05, 0.1) is 23.0 Å². The van der Waals surface area contributed by atoms with Crippen LogP contribution in [0.5, 0.6) is 0 Å². The van der Waals surface area contributed by atoms with Crippen molar-refractivity contribution in [3.63, 3.8) is 0 Å². The number of nitrogens with zero attached hydrogens (tertiary/aromatic N) is 3. The average molecular weight is 339 g/mol. The molecule has 0 aliphatic heterocycles. The number of benzene rings is 1. The summed E-state index contributed by atoms with van der Waals surface area (Å²) in [4.78, 5) is 0. The Kier molecular flexibility index (Phi) is 3.15. The number of rotatable bonds is 2. The van der Waals surface area contributed by atoms with Crippen LogP contribution in [-0.2, 0) is 13.6 Å². The predicted octanol–water partition coefficient (Wildman–Crippen LogP) is 4.15. The lowest BCUT2D eigenvalue weighted by Gasteiger charge is -2.07. The summed E-state index contributed by atoms with van der Waals surface area (Å²) in [7, 11) is 1.93. The summed E-state index contributed by atoms with van der Waals surface area (Å²) in [5.74, 6) is 0. The van der Waals surface area contributed by atoms with Gasteiger partial charge in [-0.1, -0.05) is 27.5 Å². The van der Waals surface area contributed by atoms with Gasteiger partial charge in [0.1, 0.15) is 0 Å². The van der Waals surface area contributed by atoms with E-state index in [2.05, 4.69) is 56.1 Å². The van der Waals surface area contributed by atoms with Crippen LogP contribution in [-0.4, -0.2) is 14.3 Å². The number of fused-ring (bicyclic) bond motifs is 1. The maximum absolute atomic E-state index is 6.30. The Morgan fingerprint density at radius 3 is 2.79 bits per heavy atom. The van der Waals surface area contributed by atoms with Crippen LogP contribution in [0.1, 0.15) is 11.4 Å². The molecule has 2 heterocycles. The molecular formula is C14H13BrClN3. The van der Waals surface area contributed by atoms with E-state index in [1.807, 2.05) is 18.7 Å². The highest BCUT2D eigenvalue weighted by molar-refractivity contribution is 9.10. The van der Waals surface area contributed by atoms with Crippen molar-refractivity contribution in [2.24, 2.45) is 7.05 Å². The van der Waals surface area contributed by atoms with Gasteiger partial charge in [-0.3, -0.25) is 4.68 Å². The second kappa shape index (κ2) is 4.69. The first-order valence-corrected chi connectivity index (χ1v) is 7.15. The smallest absolute Gasteiger partial charge is 0.0865 e. The second-order valence-corrected chi connectivity index (χ2v) is 5.91. The largest absolute Gasteiger partial charge is 0.341 e. The molecule has 98 valence electrons. The zero-order valence-electron chi connectivity index (χ0n) is 10.7. The van der Waals surface area contributed by atoms with Crippen molar-refractivity contribution >= 4 is 38.4 Å². The fraction of sp³-hybridized carbons (Fsp3) is 0.214. The third-order valence-electron chi connectivity index (χ3n) is 3.31. The van der Waals surface area contributed by atoms with Crippen molar-refractivity contribution in [3.05, 3.63) is 51.3 Å². The van der Waals surface area contributed by atoms with E-state index in [9.17, 15) is 0 Å². The summed E-state index contributed by atoms with van der Waals surface area (Å²) in [6, 6.07) is 8.38. The third kappa shape index (κ3) is 2.19. The van der Waals surface area contributed by atoms with Crippen LogP contribution in [0.4, 0.5) is 0 Å². The van der Waals surface area contributed by atoms with Crippen molar-refractivity contribution in [2.75, 3.05) is 0 Å². The van der Waals surface area contributed by atoms with Crippen LogP contribution in [0.15, 0.2) is 34.9 Å². The van der Waals surface area contributed by atoms with E-state index in [4.69, 9.17) is 11.6 Å². The SMILES string of the molecule is Cc1nn(C)c(Cn2ccc3cc(Br)ccc32)c1Cl. The molecule has 0 saturated heterocycles. The fourth-order valence-corrected chi connectivity index (χ4v) is 2.92. The van der Waals surface area contributed by atoms with E-state index in [-0.39, 0.29) is 0 Å². The van der Waals surface area contributed by atoms with E-state index in [0.29, 0.717) is 0 Å². The van der Waals surface area contributed by atoms with E-state index in [0.717, 1.165) is 27.4 Å². The zero-order chi connectivity index (χ0) is 13.6. The molecule has 0 spiro atoms. The summed E-state index contributed by atoms with van der Waals surface area (Å²) in [6.07, 6.45) is 2.08. The van der Waals surface area contributed by atoms with Crippen LogP contribution >= 0.6 is 27.5 Å². The molecule has 3 aromatic rings. The van der Waals surface area contributed by atoms with Crippen molar-refractivity contribution < 1.29 is 0 Å². The summed E-state index contributed by atoms with van der Waals surface area (Å²) in [5.41, 5.74) is 3.09. The minimum absolute atomic E-state index is 0.724. The van der Waals surface area contributed by atoms with Crippen LogP contribution in [0.3, 0.4) is 0 Å². The quantitative estimate of drug-likeness (QED) is 0.688. The topological polar surface area (TPSA) is 22.8 Å². The summed E-state index contributed by atoms with van der Waals surface area (Å²) in [5, 5.41) is 6.31. The molecule has 3 nitrogen and oxygen atoms in total. The number of hydrogen-bond donors (Lipinski definition) is 0. The van der Waals surface area contributed by atoms with Crippen LogP contribution in [0, 0.1) is 6.92 Å². The van der Waals surface area contributed by atoms with Gasteiger partial charge in [-0.15, -0.1) is 0 Å². The molecule has 0 N–H and O–H groups in total. The van der Waals surface area contributed by atoms with Crippen molar-refractivity contribution in [2.45, 2.75) is 13.5 Å². The van der Waals surface area contributed by atoms with E-state index < -0.39 is 0 Å². The maximum atomic E-state index is 6.30. The standard InChI is InChI=1S/C14H13BrClN3/c1-9-14(16)13(18(2)17-9)8-19-6-5-10-7-11(15)3-4-12(10)19/h3-7H,8H2,1-2H3. The Morgan fingerprint density at radius 2 is 2.11 bits per heavy atom. The Hall–Kier alpha value is -1.26. The Bertz CT molecular complexity index is 757. The molecule has 0 amide bonds. The summed E-state index contributed by atoms with van der Waals surface area (Å²) < 4.78 is 5.12. The Labute approximate surface area is 124 Å². The molecule has 0 aliphatic rings. The zero-order valence-corrected chi connectivity index (χ0v) is 13.0. The maximum Gasteiger partial charge on any atom is 0.0865 e. The first kappa shape index (κ1) is 12.8. The molecule has 0 atom stereocenters. The first-order valence-electron chi connectivity index (χ1n) is 5.98. The lowest BCUT2D eigenvalue weighted by molar-refractivity contribution is 0.673. The summed E-state index contributed by atoms with van der Waals surface area (Å²) >= 11 is 9.79. The van der Waals surface area contributed by atoms with Crippen LogP contribution < -0.4 is 0 Å². The minimum Gasteiger partial charge on any atom is -0.341 e. The lowest BCUT2D eigenvalue weighted by Crippen LogP contribution is -2.04. The van der Waals surface area contributed by atoms with Gasteiger partial charge in [0.2, 0.25) is 0 Å². The van der Waals surface area contributed by atoms with Gasteiger partial charge in [-0.2, -0.15) is 5.10 Å². The molecule has 0 radical (unpaired) electrons. The van der Waals surface area contributed by atoms with Gasteiger partial charge in [-0.25, -0.2) is 0 Å². The van der Waals surface area contributed by atoms with E-state index in [1.54, 1.807) is 0 Å². The lowest BCUT2D eigenvalue weighted by atomic mass is 10.2. The first-order chi connectivity index (χ1) is 9.06. The molecule has 5 heteroatoms. The van der Waals surface area contributed by atoms with Gasteiger partial charge in [0.15, 0.2) is 0 Å². The van der Waals surface area contributed by atoms with Crippen LogP contribution in [0.25, 0.3) is 10.9 Å². The number of halogens is 2. The minimum atomic E-state index is 0.724. The Morgan fingerprint density at radius 1 is 1.32 bits per heavy atom. The highest BCUT2D eigenvalue weighted by Crippen LogP contribution is 2.24. The Balaban J connectivity index is 2.06. The monoisotopic (exact) mass is 337 g/mol. The van der Waals surface area contributed by atoms with Crippen LogP contribution in [0.2, 0.25) is 5.02 Å². The highest BCUT2D eigenvalue weighted by Gasteiger charge is 2.12. The number of aryl methyl sites for hydroxylation is 2. The van der Waals surface area contributed by atoms with Crippen molar-refractivity contribution in [1.29, 1.82) is 0 Å². The van der Waals surface area contributed by atoms with Crippen molar-refractivity contribution in [3.8, 4) is 0 Å². The molecule has 0 fully saturated rings. The molecule has 19 heavy (non-hydrogen) atoms. The van der Waals surface area contributed by atoms with Gasteiger partial charge >= 0.3 is 0 Å². The molecule has 0 saturated carbocycles. The fourth-order valence-electron chi connectivity index (χ4n) is 2.32. The molecule has 0 aliphatic carbocycles. The van der Waals surface area contributed by atoms with Crippen molar-refractivity contribution in [1.82, 2.24) is 14.3 Å².